The van der Waals surface area contributed by atoms with Crippen molar-refractivity contribution in [1.82, 2.24) is 0 Å². The van der Waals surface area contributed by atoms with Gasteiger partial charge >= 0.3 is 12.4 Å². The van der Waals surface area contributed by atoms with Crippen LogP contribution in [-0.4, -0.2) is 0 Å². The molecular weight excluding hydrogens is 974 g/mol. The quantitative estimate of drug-likeness (QED) is 0.115. The van der Waals surface area contributed by atoms with Gasteiger partial charge in [0.15, 0.2) is 0 Å². The Hall–Kier alpha value is -6.73. The van der Waals surface area contributed by atoms with E-state index in [2.05, 4.69) is 191 Å². The summed E-state index contributed by atoms with van der Waals surface area (Å²) < 4.78 is 84.0. The van der Waals surface area contributed by atoms with E-state index in [1.165, 1.54) is 143 Å². The number of alkyl halides is 6. The minimum Gasteiger partial charge on any atom is -0.207 e. The minimum absolute atomic E-state index is 0.171. The molecule has 0 aliphatic carbocycles. The molecule has 0 atom stereocenters. The predicted molar refractivity (Wildman–Crippen MR) is 316 cm³/mol. The van der Waals surface area contributed by atoms with Crippen LogP contribution in [-0.2, 0) is 25.2 Å². The topological polar surface area (TPSA) is 0 Å². The highest BCUT2D eigenvalue weighted by Gasteiger charge is 2.31. The molecule has 0 spiro atoms. The van der Waals surface area contributed by atoms with E-state index in [4.69, 9.17) is 0 Å². The number of halogens is 7. The van der Waals surface area contributed by atoms with Gasteiger partial charge in [-0.25, -0.2) is 4.39 Å². The molecule has 0 amide bonds. The average molecular weight is 1060 g/mol. The number of aryl methyl sites for hydroxylation is 13. The molecule has 0 aliphatic rings. The van der Waals surface area contributed by atoms with Crippen LogP contribution < -0.4 is 0 Å². The van der Waals surface area contributed by atoms with Crippen LogP contribution in [0.5, 0.6) is 0 Å². The maximum atomic E-state index is 12.1. The Balaban J connectivity index is 0.000000442. The Kier molecular flexibility index (Phi) is 32.9. The summed E-state index contributed by atoms with van der Waals surface area (Å²) in [5, 5.41) is 0. The van der Waals surface area contributed by atoms with Crippen molar-refractivity contribution in [3.05, 3.63) is 283 Å². The first-order valence-corrected chi connectivity index (χ1v) is 26.4. The summed E-state index contributed by atoms with van der Waals surface area (Å²) in [7, 11) is 0. The van der Waals surface area contributed by atoms with Gasteiger partial charge in [0.2, 0.25) is 0 Å². The van der Waals surface area contributed by atoms with E-state index in [-0.39, 0.29) is 11.4 Å². The van der Waals surface area contributed by atoms with Gasteiger partial charge in [0.25, 0.3) is 0 Å². The molecule has 0 fully saturated rings. The smallest absolute Gasteiger partial charge is 0.207 e. The third-order valence-electron chi connectivity index (χ3n) is 12.2. The molecule has 0 radical (unpaired) electrons. The van der Waals surface area contributed by atoms with Crippen LogP contribution in [0.4, 0.5) is 30.7 Å². The summed E-state index contributed by atoms with van der Waals surface area (Å²) in [6, 6.07) is 57.8. The van der Waals surface area contributed by atoms with Crippen molar-refractivity contribution in [3.8, 4) is 0 Å². The highest BCUT2D eigenvalue weighted by atomic mass is 19.4. The summed E-state index contributed by atoms with van der Waals surface area (Å²) in [5.74, 6) is -0.171. The first-order chi connectivity index (χ1) is 36.3. The second kappa shape index (κ2) is 37.1. The van der Waals surface area contributed by atoms with Gasteiger partial charge in [-0.3, -0.25) is 0 Å². The van der Waals surface area contributed by atoms with Gasteiger partial charge in [-0.2, -0.15) is 26.3 Å². The van der Waals surface area contributed by atoms with E-state index < -0.39 is 23.5 Å². The van der Waals surface area contributed by atoms with Gasteiger partial charge in [-0.05, 0) is 177 Å². The van der Waals surface area contributed by atoms with Gasteiger partial charge in [0.1, 0.15) is 5.82 Å². The van der Waals surface area contributed by atoms with Crippen molar-refractivity contribution in [3.63, 3.8) is 0 Å². The number of benzene rings is 8. The molecule has 8 aromatic rings. The van der Waals surface area contributed by atoms with Crippen molar-refractivity contribution in [2.45, 2.75) is 148 Å². The molecule has 7 heteroatoms. The maximum Gasteiger partial charge on any atom is 0.416 e. The zero-order valence-electron chi connectivity index (χ0n) is 48.3. The van der Waals surface area contributed by atoms with Crippen LogP contribution in [0.25, 0.3) is 0 Å². The molecule has 8 aromatic carbocycles. The number of hydrogen-bond donors (Lipinski definition) is 0. The van der Waals surface area contributed by atoms with Crippen LogP contribution in [0, 0.1) is 88.9 Å². The molecule has 0 unspecified atom stereocenters. The lowest BCUT2D eigenvalue weighted by Gasteiger charge is -2.08. The van der Waals surface area contributed by atoms with E-state index in [9.17, 15) is 30.7 Å². The highest BCUT2D eigenvalue weighted by Crippen LogP contribution is 2.31. The SMILES string of the molecule is CCCCCc1ccc(C)cc1.CCCc1ccc(C)cc1.Cc1ccc(C(F)(F)F)cc1.Cc1ccc(C)cc1.Cc1ccc(F)cc1.Cc1cccc(C)c1C.Cc1ccccc1C.Cc1ccccc1C(F)(F)F. The molecule has 8 rings (SSSR count). The second-order valence-electron chi connectivity index (χ2n) is 19.4. The summed E-state index contributed by atoms with van der Waals surface area (Å²) in [4.78, 5) is 0. The Morgan fingerprint density at radius 3 is 0.922 bits per heavy atom. The normalized spacial score (nSPS) is 10.2. The number of rotatable bonds is 6. The van der Waals surface area contributed by atoms with Crippen LogP contribution in [0.2, 0.25) is 0 Å². The summed E-state index contributed by atoms with van der Waals surface area (Å²) >= 11 is 0. The molecular formula is C70H85F7. The lowest BCUT2D eigenvalue weighted by atomic mass is 10.1. The zero-order chi connectivity index (χ0) is 58.0. The Bertz CT molecular complexity index is 2640. The van der Waals surface area contributed by atoms with Gasteiger partial charge < -0.3 is 0 Å². The molecule has 0 aliphatic heterocycles. The molecule has 0 saturated heterocycles. The molecule has 0 nitrogen and oxygen atoms in total. The maximum absolute atomic E-state index is 12.1. The monoisotopic (exact) mass is 1060 g/mol. The molecule has 0 N–H and O–H groups in total. The fourth-order valence-corrected chi connectivity index (χ4v) is 6.74. The van der Waals surface area contributed by atoms with Gasteiger partial charge in [-0.15, -0.1) is 0 Å². The third kappa shape index (κ3) is 31.8. The van der Waals surface area contributed by atoms with Crippen LogP contribution >= 0.6 is 0 Å². The van der Waals surface area contributed by atoms with Crippen molar-refractivity contribution in [1.29, 1.82) is 0 Å². The Labute approximate surface area is 459 Å². The average Bonchev–Trinajstić information content (AvgIpc) is 3.38. The Morgan fingerprint density at radius 2 is 0.623 bits per heavy atom. The first-order valence-electron chi connectivity index (χ1n) is 26.4. The van der Waals surface area contributed by atoms with Gasteiger partial charge in [-0.1, -0.05) is 224 Å². The van der Waals surface area contributed by atoms with Crippen LogP contribution in [0.15, 0.2) is 188 Å². The van der Waals surface area contributed by atoms with Crippen molar-refractivity contribution in [2.75, 3.05) is 0 Å². The van der Waals surface area contributed by atoms with Crippen molar-refractivity contribution >= 4 is 0 Å². The zero-order valence-corrected chi connectivity index (χ0v) is 48.3. The van der Waals surface area contributed by atoms with E-state index >= 15 is 0 Å². The summed E-state index contributed by atoms with van der Waals surface area (Å²) in [5.41, 5.74) is 16.2. The summed E-state index contributed by atoms with van der Waals surface area (Å²) in [6.07, 6.45) is -0.740. The molecule has 0 aromatic heterocycles. The van der Waals surface area contributed by atoms with Gasteiger partial charge in [0, 0.05) is 0 Å². The minimum atomic E-state index is -4.22. The lowest BCUT2D eigenvalue weighted by Crippen LogP contribution is -2.06. The van der Waals surface area contributed by atoms with E-state index in [0.717, 1.165) is 29.3 Å². The second-order valence-corrected chi connectivity index (χ2v) is 19.4. The fraction of sp³-hybridized carbons (Fsp3) is 0.314. The molecule has 77 heavy (non-hydrogen) atoms. The van der Waals surface area contributed by atoms with Crippen LogP contribution in [0.1, 0.15) is 129 Å². The molecule has 414 valence electrons. The Morgan fingerprint density at radius 1 is 0.299 bits per heavy atom. The number of unbranched alkanes of at least 4 members (excludes halogenated alkanes) is 2. The van der Waals surface area contributed by atoms with Crippen LogP contribution in [0.3, 0.4) is 0 Å². The largest absolute Gasteiger partial charge is 0.416 e. The van der Waals surface area contributed by atoms with Gasteiger partial charge in [0.05, 0.1) is 11.1 Å². The third-order valence-corrected chi connectivity index (χ3v) is 12.2. The van der Waals surface area contributed by atoms with E-state index in [0.29, 0.717) is 0 Å². The van der Waals surface area contributed by atoms with Crippen molar-refractivity contribution < 1.29 is 30.7 Å². The highest BCUT2D eigenvalue weighted by molar-refractivity contribution is 5.32. The standard InChI is InChI=1S/C12H18.C10H14.C9H12.2C8H7F3.2C8H10.C7H7F/c1-3-4-5-6-12-9-7-11(2)8-10-12;1-3-4-10-7-5-9(2)6-8-10;1-7-5-4-6-8(2)9(7)3;1-6-2-4-7(5-3-6)8(9,10)11;1-6-4-2-3-5-7(6)8(9,10)11;1-7-3-5-8(2)6-4-7;1-7-5-3-4-6-8(7)2;1-6-2-4-7(8)5-3-6/h7-10H,3-6H2,1-2H3;5-8H,3-4H2,1-2H3;4-6H,1-3H3;2*2-5H,1H3;2*3-6H,1-2H3;2-5H,1H3. The first kappa shape index (κ1) is 68.3. The molecule has 0 saturated carbocycles. The molecule has 0 heterocycles. The van der Waals surface area contributed by atoms with E-state index in [1.807, 2.05) is 6.92 Å². The van der Waals surface area contributed by atoms with E-state index in [1.54, 1.807) is 25.1 Å². The summed E-state index contributed by atoms with van der Waals surface area (Å²) in [6.45, 7) is 28.7. The lowest BCUT2D eigenvalue weighted by molar-refractivity contribution is -0.138. The molecule has 0 bridgehead atoms. The predicted octanol–water partition coefficient (Wildman–Crippen LogP) is 22.1. The number of hydrogen-bond acceptors (Lipinski definition) is 0. The van der Waals surface area contributed by atoms with Crippen molar-refractivity contribution in [2.24, 2.45) is 0 Å². The fourth-order valence-electron chi connectivity index (χ4n) is 6.74.